The van der Waals surface area contributed by atoms with E-state index in [0.717, 1.165) is 22.3 Å². The summed E-state index contributed by atoms with van der Waals surface area (Å²) in [5, 5.41) is 8.84. The second-order valence-electron chi connectivity index (χ2n) is 3.59. The number of rotatable bonds is 3. The van der Waals surface area contributed by atoms with E-state index >= 15 is 0 Å². The van der Waals surface area contributed by atoms with Gasteiger partial charge in [-0.25, -0.2) is 0 Å². The van der Waals surface area contributed by atoms with E-state index in [4.69, 9.17) is 8.17 Å². The van der Waals surface area contributed by atoms with Gasteiger partial charge in [0.2, 0.25) is 0 Å². The molecular weight excluding hydrogens is 307 g/mol. The summed E-state index contributed by atoms with van der Waals surface area (Å²) in [7, 11) is 0. The Balaban J connectivity index is 3.36. The third-order valence-corrected chi connectivity index (χ3v) is 2.95. The first-order chi connectivity index (χ1) is 6.97. The number of halogens is 1. The fourth-order valence-electron chi connectivity index (χ4n) is 1.62. The van der Waals surface area contributed by atoms with Crippen LogP contribution in [0.15, 0.2) is 6.07 Å². The van der Waals surface area contributed by atoms with Gasteiger partial charge in [0, 0.05) is 5.56 Å². The highest BCUT2D eigenvalue weighted by Gasteiger charge is 2.15. The van der Waals surface area contributed by atoms with Crippen molar-refractivity contribution in [3.05, 3.63) is 28.3 Å². The minimum atomic E-state index is -0.835. The fraction of sp³-hybridized carbons (Fsp3) is 0.364. The van der Waals surface area contributed by atoms with Gasteiger partial charge in [0.1, 0.15) is 5.75 Å². The molecule has 0 aliphatic carbocycles. The summed E-state index contributed by atoms with van der Waals surface area (Å²) in [5.41, 5.74) is 3.84. The number of aryl methyl sites for hydroxylation is 2. The monoisotopic (exact) mass is 320 g/mol. The fourth-order valence-corrected chi connectivity index (χ4v) is 2.23. The van der Waals surface area contributed by atoms with Gasteiger partial charge < -0.3 is 8.17 Å². The summed E-state index contributed by atoms with van der Waals surface area (Å²) in [6, 6.07) is 2.01. The molecule has 1 rings (SSSR count). The van der Waals surface area contributed by atoms with Crippen molar-refractivity contribution in [3.8, 4) is 5.75 Å². The van der Waals surface area contributed by atoms with Gasteiger partial charge in [-0.3, -0.25) is 4.79 Å². The molecule has 1 aromatic rings. The van der Waals surface area contributed by atoms with Gasteiger partial charge in [-0.2, -0.15) is 0 Å². The lowest BCUT2D eigenvalue weighted by Gasteiger charge is -2.13. The number of aliphatic carboxylic acids is 1. The van der Waals surface area contributed by atoms with Crippen molar-refractivity contribution < 1.29 is 13.0 Å². The summed E-state index contributed by atoms with van der Waals surface area (Å²) in [6.45, 7) is 5.82. The zero-order valence-electron chi connectivity index (χ0n) is 8.93. The minimum Gasteiger partial charge on any atom is -0.481 e. The number of carboxylic acid groups (broad SMARTS) is 1. The zero-order valence-corrected chi connectivity index (χ0v) is 11.1. The second-order valence-corrected chi connectivity index (χ2v) is 4.03. The molecule has 0 saturated carbocycles. The van der Waals surface area contributed by atoms with Crippen LogP contribution in [0.2, 0.25) is 0 Å². The molecule has 0 aromatic heterocycles. The predicted molar refractivity (Wildman–Crippen MR) is 66.6 cm³/mol. The molecule has 0 unspecified atom stereocenters. The topological polar surface area (TPSA) is 46.5 Å². The summed E-state index contributed by atoms with van der Waals surface area (Å²) in [5.74, 6) is -0.154. The Morgan fingerprint density at radius 2 is 2.00 bits per heavy atom. The molecule has 4 heteroatoms. The molecule has 0 amide bonds. The van der Waals surface area contributed by atoms with E-state index < -0.39 is 5.97 Å². The van der Waals surface area contributed by atoms with E-state index in [1.165, 1.54) is 0 Å². The van der Waals surface area contributed by atoms with Crippen molar-refractivity contribution in [1.82, 2.24) is 0 Å². The summed E-state index contributed by atoms with van der Waals surface area (Å²) in [6.07, 6.45) is 0.00664. The first-order valence-corrected chi connectivity index (χ1v) is 5.45. The Hall–Kier alpha value is -0.780. The number of hydrogen-bond donors (Lipinski definition) is 1. The molecule has 0 heterocycles. The average Bonchev–Trinajstić information content (AvgIpc) is 2.13. The Labute approximate surface area is 103 Å². The van der Waals surface area contributed by atoms with Crippen molar-refractivity contribution >= 4 is 29.0 Å². The van der Waals surface area contributed by atoms with Crippen LogP contribution >= 0.6 is 23.0 Å². The Morgan fingerprint density at radius 3 is 2.47 bits per heavy atom. The first-order valence-electron chi connectivity index (χ1n) is 4.57. The number of carbonyl (C=O) groups is 1. The molecule has 0 radical (unpaired) electrons. The zero-order chi connectivity index (χ0) is 11.6. The summed E-state index contributed by atoms with van der Waals surface area (Å²) < 4.78 is 5.22. The van der Waals surface area contributed by atoms with Crippen molar-refractivity contribution in [1.29, 1.82) is 0 Å². The molecule has 15 heavy (non-hydrogen) atoms. The molecule has 0 atom stereocenters. The van der Waals surface area contributed by atoms with Crippen LogP contribution < -0.4 is 3.07 Å². The molecule has 3 nitrogen and oxygen atoms in total. The van der Waals surface area contributed by atoms with Gasteiger partial charge in [0.25, 0.3) is 0 Å². The lowest BCUT2D eigenvalue weighted by molar-refractivity contribution is -0.136. The Bertz CT molecular complexity index is 399. The quantitative estimate of drug-likeness (QED) is 0.871. The van der Waals surface area contributed by atoms with E-state index in [0.29, 0.717) is 5.75 Å². The molecule has 0 bridgehead atoms. The molecule has 1 aromatic carbocycles. The van der Waals surface area contributed by atoms with Crippen LogP contribution in [0.1, 0.15) is 22.3 Å². The molecule has 0 spiro atoms. The van der Waals surface area contributed by atoms with E-state index in [1.807, 2.05) is 26.8 Å². The van der Waals surface area contributed by atoms with Crippen molar-refractivity contribution in [3.63, 3.8) is 0 Å². The van der Waals surface area contributed by atoms with Crippen LogP contribution in [-0.4, -0.2) is 11.1 Å². The molecule has 0 fully saturated rings. The van der Waals surface area contributed by atoms with Gasteiger partial charge in [0.05, 0.1) is 6.42 Å². The van der Waals surface area contributed by atoms with Crippen molar-refractivity contribution in [2.75, 3.05) is 0 Å². The van der Waals surface area contributed by atoms with Crippen molar-refractivity contribution in [2.24, 2.45) is 0 Å². The van der Waals surface area contributed by atoms with Crippen LogP contribution in [0, 0.1) is 20.8 Å². The first kappa shape index (κ1) is 12.3. The summed E-state index contributed by atoms with van der Waals surface area (Å²) >= 11 is 1.79. The number of hydrogen-bond acceptors (Lipinski definition) is 2. The van der Waals surface area contributed by atoms with E-state index in [9.17, 15) is 4.79 Å². The SMILES string of the molecule is Cc1cc(C)c(OI)c(CC(=O)O)c1C. The molecule has 1 N–H and O–H groups in total. The molecule has 0 aliphatic heterocycles. The third-order valence-electron chi connectivity index (χ3n) is 2.51. The maximum atomic E-state index is 10.8. The van der Waals surface area contributed by atoms with E-state index in [2.05, 4.69) is 0 Å². The smallest absolute Gasteiger partial charge is 0.307 e. The van der Waals surface area contributed by atoms with Gasteiger partial charge in [0.15, 0.2) is 23.0 Å². The highest BCUT2D eigenvalue weighted by molar-refractivity contribution is 14.1. The second kappa shape index (κ2) is 4.83. The largest absolute Gasteiger partial charge is 0.481 e. The van der Waals surface area contributed by atoms with Gasteiger partial charge >= 0.3 is 5.97 Å². The maximum absolute atomic E-state index is 10.8. The van der Waals surface area contributed by atoms with Crippen LogP contribution in [-0.2, 0) is 11.2 Å². The predicted octanol–water partition coefficient (Wildman–Crippen LogP) is 2.97. The number of benzene rings is 1. The van der Waals surface area contributed by atoms with Crippen LogP contribution in [0.3, 0.4) is 0 Å². The van der Waals surface area contributed by atoms with Crippen molar-refractivity contribution in [2.45, 2.75) is 27.2 Å². The van der Waals surface area contributed by atoms with E-state index in [1.54, 1.807) is 23.0 Å². The minimum absolute atomic E-state index is 0.00664. The van der Waals surface area contributed by atoms with Gasteiger partial charge in [-0.05, 0) is 37.5 Å². The molecule has 0 saturated heterocycles. The van der Waals surface area contributed by atoms with E-state index in [-0.39, 0.29) is 6.42 Å². The number of carboxylic acids is 1. The average molecular weight is 320 g/mol. The lowest BCUT2D eigenvalue weighted by atomic mass is 9.96. The maximum Gasteiger partial charge on any atom is 0.307 e. The Morgan fingerprint density at radius 1 is 1.40 bits per heavy atom. The molecule has 0 aliphatic rings. The van der Waals surface area contributed by atoms with Crippen LogP contribution in [0.5, 0.6) is 5.75 Å². The molecular formula is C11H13IO3. The highest BCUT2D eigenvalue weighted by Crippen LogP contribution is 2.31. The standard InChI is InChI=1S/C11H13IO3/c1-6-4-7(2)11(15-12)9(8(6)3)5-10(13)14/h4H,5H2,1-3H3,(H,13,14). The summed E-state index contributed by atoms with van der Waals surface area (Å²) in [4.78, 5) is 10.8. The Kier molecular flexibility index (Phi) is 3.96. The lowest BCUT2D eigenvalue weighted by Crippen LogP contribution is -2.05. The van der Waals surface area contributed by atoms with Crippen LogP contribution in [0.25, 0.3) is 0 Å². The van der Waals surface area contributed by atoms with Gasteiger partial charge in [-0.1, -0.05) is 6.07 Å². The van der Waals surface area contributed by atoms with Gasteiger partial charge in [-0.15, -0.1) is 0 Å². The third kappa shape index (κ3) is 2.62. The highest BCUT2D eigenvalue weighted by atomic mass is 127. The molecule has 82 valence electrons. The van der Waals surface area contributed by atoms with Crippen LogP contribution in [0.4, 0.5) is 0 Å². The normalized spacial score (nSPS) is 10.1.